The number of rotatable bonds is 3. The van der Waals surface area contributed by atoms with Gasteiger partial charge in [-0.3, -0.25) is 4.79 Å². The molecule has 1 fully saturated rings. The summed E-state index contributed by atoms with van der Waals surface area (Å²) >= 11 is 0. The quantitative estimate of drug-likeness (QED) is 0.727. The van der Waals surface area contributed by atoms with Crippen molar-refractivity contribution in [3.63, 3.8) is 0 Å². The Kier molecular flexibility index (Phi) is 3.19. The van der Waals surface area contributed by atoms with Gasteiger partial charge in [-0.1, -0.05) is 0 Å². The van der Waals surface area contributed by atoms with E-state index >= 15 is 0 Å². The molecule has 1 aliphatic heterocycles. The Labute approximate surface area is 94.4 Å². The first kappa shape index (κ1) is 11.1. The van der Waals surface area contributed by atoms with Crippen molar-refractivity contribution in [1.82, 2.24) is 25.4 Å². The van der Waals surface area contributed by atoms with Crippen LogP contribution < -0.4 is 10.6 Å². The van der Waals surface area contributed by atoms with E-state index in [4.69, 9.17) is 0 Å². The van der Waals surface area contributed by atoms with Crippen molar-refractivity contribution in [2.75, 3.05) is 13.1 Å². The molecule has 1 saturated heterocycles. The van der Waals surface area contributed by atoms with E-state index < -0.39 is 0 Å². The number of hydrogen-bond donors (Lipinski definition) is 2. The first-order valence-electron chi connectivity index (χ1n) is 5.52. The number of aromatic nitrogens is 3. The van der Waals surface area contributed by atoms with Crippen LogP contribution in [0.15, 0.2) is 12.7 Å². The lowest BCUT2D eigenvalue weighted by Crippen LogP contribution is -2.53. The van der Waals surface area contributed by atoms with E-state index in [0.717, 1.165) is 25.9 Å². The summed E-state index contributed by atoms with van der Waals surface area (Å²) in [5.41, 5.74) is -0.0804. The topological polar surface area (TPSA) is 71.8 Å². The maximum Gasteiger partial charge on any atom is 0.242 e. The third-order valence-corrected chi connectivity index (χ3v) is 2.92. The van der Waals surface area contributed by atoms with Crippen LogP contribution in [0.4, 0.5) is 0 Å². The third-order valence-electron chi connectivity index (χ3n) is 2.92. The van der Waals surface area contributed by atoms with Crippen LogP contribution in [0.3, 0.4) is 0 Å². The predicted molar refractivity (Wildman–Crippen MR) is 58.7 cm³/mol. The minimum absolute atomic E-state index is 0.00472. The highest BCUT2D eigenvalue weighted by Crippen LogP contribution is 2.16. The zero-order valence-electron chi connectivity index (χ0n) is 9.44. The van der Waals surface area contributed by atoms with Crippen LogP contribution in [0.2, 0.25) is 0 Å². The molecule has 1 aliphatic rings. The molecule has 2 N–H and O–H groups in total. The number of hydrogen-bond acceptors (Lipinski definition) is 4. The van der Waals surface area contributed by atoms with Gasteiger partial charge in [-0.15, -0.1) is 0 Å². The van der Waals surface area contributed by atoms with Crippen molar-refractivity contribution in [3.8, 4) is 0 Å². The Balaban J connectivity index is 1.86. The van der Waals surface area contributed by atoms with Crippen LogP contribution >= 0.6 is 0 Å². The van der Waals surface area contributed by atoms with Crippen molar-refractivity contribution in [2.24, 2.45) is 0 Å². The van der Waals surface area contributed by atoms with Gasteiger partial charge in [0.25, 0.3) is 0 Å². The molecule has 0 unspecified atom stereocenters. The summed E-state index contributed by atoms with van der Waals surface area (Å²) in [4.78, 5) is 15.6. The summed E-state index contributed by atoms with van der Waals surface area (Å²) in [6.45, 7) is 4.25. The molecule has 1 amide bonds. The molecule has 1 aromatic heterocycles. The number of carbonyl (C=O) groups is 1. The summed E-state index contributed by atoms with van der Waals surface area (Å²) in [6, 6.07) is 0. The van der Waals surface area contributed by atoms with Crippen LogP contribution in [0, 0.1) is 0 Å². The summed E-state index contributed by atoms with van der Waals surface area (Å²) in [6.07, 6.45) is 4.91. The Morgan fingerprint density at radius 3 is 2.94 bits per heavy atom. The molecule has 2 rings (SSSR count). The summed E-state index contributed by atoms with van der Waals surface area (Å²) in [5, 5.41) is 10.3. The Morgan fingerprint density at radius 2 is 2.31 bits per heavy atom. The molecule has 1 aromatic rings. The molecular formula is C10H17N5O. The second-order valence-electron chi connectivity index (χ2n) is 4.45. The lowest BCUT2D eigenvalue weighted by Gasteiger charge is -2.34. The van der Waals surface area contributed by atoms with Gasteiger partial charge < -0.3 is 10.6 Å². The van der Waals surface area contributed by atoms with E-state index in [1.165, 1.54) is 11.0 Å². The van der Waals surface area contributed by atoms with E-state index in [-0.39, 0.29) is 18.0 Å². The van der Waals surface area contributed by atoms with Gasteiger partial charge >= 0.3 is 0 Å². The van der Waals surface area contributed by atoms with Gasteiger partial charge in [0.05, 0.1) is 0 Å². The maximum absolute atomic E-state index is 11.8. The fourth-order valence-electron chi connectivity index (χ4n) is 1.94. The Morgan fingerprint density at radius 1 is 1.56 bits per heavy atom. The van der Waals surface area contributed by atoms with Gasteiger partial charge in [-0.2, -0.15) is 5.10 Å². The van der Waals surface area contributed by atoms with Gasteiger partial charge in [0, 0.05) is 5.54 Å². The normalized spacial score (nSPS) is 19.3. The zero-order valence-corrected chi connectivity index (χ0v) is 9.44. The van der Waals surface area contributed by atoms with Gasteiger partial charge in [-0.05, 0) is 32.9 Å². The standard InChI is InChI=1S/C10H17N5O/c1-10(2-4-11-5-3-10)14-9(16)6-15-8-12-7-13-15/h7-8,11H,2-6H2,1H3,(H,14,16). The monoisotopic (exact) mass is 223 g/mol. The molecule has 0 atom stereocenters. The molecule has 6 heteroatoms. The van der Waals surface area contributed by atoms with Crippen LogP contribution in [-0.4, -0.2) is 39.3 Å². The molecular weight excluding hydrogens is 206 g/mol. The summed E-state index contributed by atoms with van der Waals surface area (Å²) in [5.74, 6) is -0.00472. The van der Waals surface area contributed by atoms with Crippen LogP contribution in [0.1, 0.15) is 19.8 Å². The highest BCUT2D eigenvalue weighted by atomic mass is 16.2. The van der Waals surface area contributed by atoms with Crippen LogP contribution in [-0.2, 0) is 11.3 Å². The van der Waals surface area contributed by atoms with E-state index in [2.05, 4.69) is 27.6 Å². The zero-order chi connectivity index (χ0) is 11.4. The van der Waals surface area contributed by atoms with E-state index in [9.17, 15) is 4.79 Å². The minimum Gasteiger partial charge on any atom is -0.349 e. The molecule has 0 aliphatic carbocycles. The second-order valence-corrected chi connectivity index (χ2v) is 4.45. The first-order valence-corrected chi connectivity index (χ1v) is 5.52. The van der Waals surface area contributed by atoms with Crippen molar-refractivity contribution < 1.29 is 4.79 Å². The van der Waals surface area contributed by atoms with Crippen molar-refractivity contribution in [1.29, 1.82) is 0 Å². The molecule has 0 saturated carbocycles. The molecule has 16 heavy (non-hydrogen) atoms. The number of amides is 1. The number of nitrogens with zero attached hydrogens (tertiary/aromatic N) is 3. The molecule has 0 radical (unpaired) electrons. The molecule has 0 spiro atoms. The maximum atomic E-state index is 11.8. The lowest BCUT2D eigenvalue weighted by molar-refractivity contribution is -0.123. The minimum atomic E-state index is -0.0804. The van der Waals surface area contributed by atoms with Crippen molar-refractivity contribution >= 4 is 5.91 Å². The highest BCUT2D eigenvalue weighted by Gasteiger charge is 2.28. The van der Waals surface area contributed by atoms with Gasteiger partial charge in [-0.25, -0.2) is 9.67 Å². The van der Waals surface area contributed by atoms with Crippen LogP contribution in [0.25, 0.3) is 0 Å². The van der Waals surface area contributed by atoms with E-state index in [0.29, 0.717) is 0 Å². The first-order chi connectivity index (χ1) is 7.68. The molecule has 2 heterocycles. The second kappa shape index (κ2) is 4.61. The van der Waals surface area contributed by atoms with E-state index in [1.54, 1.807) is 6.33 Å². The van der Waals surface area contributed by atoms with Crippen molar-refractivity contribution in [3.05, 3.63) is 12.7 Å². The third kappa shape index (κ3) is 2.79. The average molecular weight is 223 g/mol. The molecule has 0 aromatic carbocycles. The average Bonchev–Trinajstić information content (AvgIpc) is 2.70. The predicted octanol–water partition coefficient (Wildman–Crippen LogP) is -0.464. The number of piperidine rings is 1. The fraction of sp³-hybridized carbons (Fsp3) is 0.700. The number of nitrogens with one attached hydrogen (secondary N) is 2. The van der Waals surface area contributed by atoms with E-state index in [1.807, 2.05) is 0 Å². The van der Waals surface area contributed by atoms with Gasteiger partial charge in [0.2, 0.25) is 5.91 Å². The molecule has 0 bridgehead atoms. The van der Waals surface area contributed by atoms with Crippen molar-refractivity contribution in [2.45, 2.75) is 31.8 Å². The summed E-state index contributed by atoms with van der Waals surface area (Å²) in [7, 11) is 0. The Bertz CT molecular complexity index is 342. The Hall–Kier alpha value is -1.43. The molecule has 6 nitrogen and oxygen atoms in total. The SMILES string of the molecule is CC1(NC(=O)Cn2cncn2)CCNCC1. The largest absolute Gasteiger partial charge is 0.349 e. The summed E-state index contributed by atoms with van der Waals surface area (Å²) < 4.78 is 1.53. The molecule has 88 valence electrons. The highest BCUT2D eigenvalue weighted by molar-refractivity contribution is 5.76. The van der Waals surface area contributed by atoms with Gasteiger partial charge in [0.1, 0.15) is 19.2 Å². The smallest absolute Gasteiger partial charge is 0.242 e. The van der Waals surface area contributed by atoms with Crippen LogP contribution in [0.5, 0.6) is 0 Å². The number of carbonyl (C=O) groups excluding carboxylic acids is 1. The fourth-order valence-corrected chi connectivity index (χ4v) is 1.94. The van der Waals surface area contributed by atoms with Gasteiger partial charge in [0.15, 0.2) is 0 Å². The lowest BCUT2D eigenvalue weighted by atomic mass is 9.90.